The number of carbonyl (C=O) groups is 2. The molecule has 0 bridgehead atoms. The van der Waals surface area contributed by atoms with E-state index in [-0.39, 0.29) is 24.2 Å². The van der Waals surface area contributed by atoms with Crippen molar-refractivity contribution in [3.63, 3.8) is 0 Å². The summed E-state index contributed by atoms with van der Waals surface area (Å²) in [6.07, 6.45) is -1.05. The number of furan rings is 1. The summed E-state index contributed by atoms with van der Waals surface area (Å²) in [5.41, 5.74) is 1.84. The Morgan fingerprint density at radius 2 is 1.79 bits per heavy atom. The molecule has 0 aliphatic rings. The third-order valence-corrected chi connectivity index (χ3v) is 4.55. The van der Waals surface area contributed by atoms with Crippen molar-refractivity contribution in [1.29, 1.82) is 0 Å². The number of fused-ring (bicyclic) bond motifs is 1. The lowest BCUT2D eigenvalue weighted by Crippen LogP contribution is -2.37. The molecule has 29 heavy (non-hydrogen) atoms. The lowest BCUT2D eigenvalue weighted by Gasteiger charge is -2.18. The first kappa shape index (κ1) is 20.5. The molecule has 0 aliphatic carbocycles. The predicted molar refractivity (Wildman–Crippen MR) is 105 cm³/mol. The van der Waals surface area contributed by atoms with Crippen molar-refractivity contribution in [1.82, 2.24) is 5.32 Å². The number of nitrogens with one attached hydrogen (secondary N) is 1. The number of para-hydroxylation sites is 1. The second-order valence-corrected chi connectivity index (χ2v) is 6.67. The van der Waals surface area contributed by atoms with Gasteiger partial charge < -0.3 is 19.2 Å². The van der Waals surface area contributed by atoms with Crippen molar-refractivity contribution >= 4 is 22.8 Å². The van der Waals surface area contributed by atoms with Gasteiger partial charge in [0, 0.05) is 18.1 Å². The van der Waals surface area contributed by atoms with Crippen molar-refractivity contribution in [2.24, 2.45) is 0 Å². The topological polar surface area (TPSA) is 77.8 Å². The lowest BCUT2D eigenvalue weighted by atomic mass is 10.1. The van der Waals surface area contributed by atoms with Gasteiger partial charge in [-0.2, -0.15) is 0 Å². The second kappa shape index (κ2) is 8.87. The highest BCUT2D eigenvalue weighted by atomic mass is 19.1. The first-order valence-electron chi connectivity index (χ1n) is 9.17. The Bertz CT molecular complexity index is 1010. The summed E-state index contributed by atoms with van der Waals surface area (Å²) in [5, 5.41) is 3.50. The fourth-order valence-electron chi connectivity index (χ4n) is 2.98. The molecule has 3 aromatic rings. The molecule has 3 rings (SSSR count). The number of benzene rings is 2. The van der Waals surface area contributed by atoms with Gasteiger partial charge in [0.05, 0.1) is 12.6 Å². The van der Waals surface area contributed by atoms with Crippen LogP contribution in [0.5, 0.6) is 0 Å². The molecule has 6 nitrogen and oxygen atoms in total. The molecular formula is C22H22FNO5. The summed E-state index contributed by atoms with van der Waals surface area (Å²) in [6.45, 7) is 3.41. The molecule has 0 radical (unpaired) electrons. The standard InChI is InChI=1S/C22H22FNO5/c1-13(15-8-10-16(23)11-9-15)24-21(25)14(2)28-22(26)20-18(12-27-3)17-6-4-5-7-19(17)29-20/h4-11,13-14H,12H2,1-3H3,(H,24,25)/t13-,14-/m1/s1. The minimum absolute atomic E-state index is 0.0132. The van der Waals surface area contributed by atoms with Crippen LogP contribution in [0.15, 0.2) is 52.9 Å². The Morgan fingerprint density at radius 1 is 1.10 bits per heavy atom. The third-order valence-electron chi connectivity index (χ3n) is 4.55. The van der Waals surface area contributed by atoms with E-state index in [2.05, 4.69) is 5.32 Å². The number of rotatable bonds is 7. The SMILES string of the molecule is COCc1c(C(=O)O[C@H](C)C(=O)N[C@H](C)c2ccc(F)cc2)oc2ccccc12. The van der Waals surface area contributed by atoms with E-state index in [9.17, 15) is 14.0 Å². The molecular weight excluding hydrogens is 377 g/mol. The summed E-state index contributed by atoms with van der Waals surface area (Å²) < 4.78 is 29.2. The molecule has 1 amide bonds. The van der Waals surface area contributed by atoms with Crippen LogP contribution < -0.4 is 5.32 Å². The monoisotopic (exact) mass is 399 g/mol. The van der Waals surface area contributed by atoms with E-state index in [4.69, 9.17) is 13.9 Å². The van der Waals surface area contributed by atoms with Gasteiger partial charge in [0.15, 0.2) is 6.10 Å². The van der Waals surface area contributed by atoms with Gasteiger partial charge in [-0.1, -0.05) is 30.3 Å². The van der Waals surface area contributed by atoms with Crippen molar-refractivity contribution in [3.05, 3.63) is 71.2 Å². The van der Waals surface area contributed by atoms with E-state index in [1.807, 2.05) is 12.1 Å². The van der Waals surface area contributed by atoms with Gasteiger partial charge in [0.2, 0.25) is 5.76 Å². The number of hydrogen-bond donors (Lipinski definition) is 1. The van der Waals surface area contributed by atoms with Crippen molar-refractivity contribution in [3.8, 4) is 0 Å². The number of methoxy groups -OCH3 is 1. The molecule has 0 saturated carbocycles. The summed E-state index contributed by atoms with van der Waals surface area (Å²) in [6, 6.07) is 12.6. The number of hydrogen-bond acceptors (Lipinski definition) is 5. The predicted octanol–water partition coefficient (Wildman–Crippen LogP) is 4.14. The lowest BCUT2D eigenvalue weighted by molar-refractivity contribution is -0.129. The number of esters is 1. The fraction of sp³-hybridized carbons (Fsp3) is 0.273. The zero-order valence-corrected chi connectivity index (χ0v) is 16.4. The van der Waals surface area contributed by atoms with Gasteiger partial charge in [-0.25, -0.2) is 9.18 Å². The molecule has 1 N–H and O–H groups in total. The van der Waals surface area contributed by atoms with Gasteiger partial charge in [-0.05, 0) is 37.6 Å². The Balaban J connectivity index is 1.70. The van der Waals surface area contributed by atoms with E-state index >= 15 is 0 Å². The zero-order chi connectivity index (χ0) is 21.0. The van der Waals surface area contributed by atoms with E-state index in [1.54, 1.807) is 31.2 Å². The maximum atomic E-state index is 13.0. The van der Waals surface area contributed by atoms with Gasteiger partial charge in [-0.15, -0.1) is 0 Å². The highest BCUT2D eigenvalue weighted by Gasteiger charge is 2.26. The fourth-order valence-corrected chi connectivity index (χ4v) is 2.98. The minimum Gasteiger partial charge on any atom is -0.449 e. The van der Waals surface area contributed by atoms with Crippen LogP contribution in [-0.4, -0.2) is 25.1 Å². The van der Waals surface area contributed by atoms with Gasteiger partial charge >= 0.3 is 5.97 Å². The van der Waals surface area contributed by atoms with Crippen LogP contribution in [0.2, 0.25) is 0 Å². The number of halogens is 1. The third kappa shape index (κ3) is 4.63. The molecule has 0 spiro atoms. The molecule has 2 atom stereocenters. The van der Waals surface area contributed by atoms with Crippen molar-refractivity contribution in [2.75, 3.05) is 7.11 Å². The summed E-state index contributed by atoms with van der Waals surface area (Å²) in [7, 11) is 1.52. The normalized spacial score (nSPS) is 13.1. The van der Waals surface area contributed by atoms with Gasteiger partial charge in [-0.3, -0.25) is 4.79 Å². The Kier molecular flexibility index (Phi) is 6.29. The summed E-state index contributed by atoms with van der Waals surface area (Å²) in [4.78, 5) is 25.1. The van der Waals surface area contributed by atoms with Crippen LogP contribution in [0.3, 0.4) is 0 Å². The zero-order valence-electron chi connectivity index (χ0n) is 16.4. The molecule has 0 fully saturated rings. The van der Waals surface area contributed by atoms with Crippen LogP contribution in [0.4, 0.5) is 4.39 Å². The molecule has 0 aliphatic heterocycles. The largest absolute Gasteiger partial charge is 0.449 e. The van der Waals surface area contributed by atoms with E-state index in [0.29, 0.717) is 11.1 Å². The number of ether oxygens (including phenoxy) is 2. The van der Waals surface area contributed by atoms with E-state index < -0.39 is 18.0 Å². The average Bonchev–Trinajstić information content (AvgIpc) is 3.07. The quantitative estimate of drug-likeness (QED) is 0.604. The van der Waals surface area contributed by atoms with Crippen LogP contribution in [0.25, 0.3) is 11.0 Å². The molecule has 7 heteroatoms. The van der Waals surface area contributed by atoms with Crippen LogP contribution in [-0.2, 0) is 20.9 Å². The van der Waals surface area contributed by atoms with Crippen LogP contribution >= 0.6 is 0 Å². The molecule has 0 saturated heterocycles. The Morgan fingerprint density at radius 3 is 2.48 bits per heavy atom. The van der Waals surface area contributed by atoms with Crippen molar-refractivity contribution in [2.45, 2.75) is 32.6 Å². The van der Waals surface area contributed by atoms with E-state index in [1.165, 1.54) is 26.2 Å². The maximum Gasteiger partial charge on any atom is 0.375 e. The molecule has 0 unspecified atom stereocenters. The van der Waals surface area contributed by atoms with Crippen LogP contribution in [0.1, 0.15) is 41.6 Å². The average molecular weight is 399 g/mol. The number of carbonyl (C=O) groups excluding carboxylic acids is 2. The molecule has 152 valence electrons. The van der Waals surface area contributed by atoms with Crippen LogP contribution in [0, 0.1) is 5.82 Å². The van der Waals surface area contributed by atoms with Gasteiger partial charge in [0.25, 0.3) is 5.91 Å². The first-order valence-corrected chi connectivity index (χ1v) is 9.17. The number of amides is 1. The summed E-state index contributed by atoms with van der Waals surface area (Å²) in [5.74, 6) is -1.56. The summed E-state index contributed by atoms with van der Waals surface area (Å²) >= 11 is 0. The highest BCUT2D eigenvalue weighted by molar-refractivity contribution is 5.97. The Hall–Kier alpha value is -3.19. The molecule has 1 heterocycles. The van der Waals surface area contributed by atoms with Crippen molar-refractivity contribution < 1.29 is 27.9 Å². The molecule has 1 aromatic heterocycles. The smallest absolute Gasteiger partial charge is 0.375 e. The second-order valence-electron chi connectivity index (χ2n) is 6.67. The van der Waals surface area contributed by atoms with Gasteiger partial charge in [0.1, 0.15) is 11.4 Å². The van der Waals surface area contributed by atoms with E-state index in [0.717, 1.165) is 10.9 Å². The highest BCUT2D eigenvalue weighted by Crippen LogP contribution is 2.27. The maximum absolute atomic E-state index is 13.0. The Labute approximate surface area is 167 Å². The first-order chi connectivity index (χ1) is 13.9. The molecule has 2 aromatic carbocycles. The minimum atomic E-state index is -1.05.